The molecule has 0 spiro atoms. The maximum absolute atomic E-state index is 11.2. The maximum atomic E-state index is 11.2. The van der Waals surface area contributed by atoms with Crippen molar-refractivity contribution in [2.45, 2.75) is 45.6 Å². The van der Waals surface area contributed by atoms with Gasteiger partial charge in [0.05, 0.1) is 5.69 Å². The van der Waals surface area contributed by atoms with E-state index in [0.29, 0.717) is 35.7 Å². The van der Waals surface area contributed by atoms with Crippen LogP contribution >= 0.6 is 0 Å². The second kappa shape index (κ2) is 5.27. The predicted octanol–water partition coefficient (Wildman–Crippen LogP) is 1.48. The summed E-state index contributed by atoms with van der Waals surface area (Å²) in [4.78, 5) is 15.5. The Bertz CT molecular complexity index is 657. The Morgan fingerprint density at radius 2 is 2.24 bits per heavy atom. The minimum atomic E-state index is -1.07. The summed E-state index contributed by atoms with van der Waals surface area (Å²) in [5.41, 5.74) is 0.588. The van der Waals surface area contributed by atoms with E-state index in [1.54, 1.807) is 4.68 Å². The van der Waals surface area contributed by atoms with Gasteiger partial charge in [-0.05, 0) is 25.2 Å². The van der Waals surface area contributed by atoms with Crippen molar-refractivity contribution < 1.29 is 14.4 Å². The molecule has 1 fully saturated rings. The van der Waals surface area contributed by atoms with Gasteiger partial charge in [-0.3, -0.25) is 0 Å². The zero-order valence-corrected chi connectivity index (χ0v) is 12.0. The minimum Gasteiger partial charge on any atom is -0.476 e. The fourth-order valence-corrected chi connectivity index (χ4v) is 2.18. The lowest BCUT2D eigenvalue weighted by Crippen LogP contribution is -2.12. The number of hydrogen-bond acceptors (Lipinski definition) is 6. The van der Waals surface area contributed by atoms with Gasteiger partial charge in [0.1, 0.15) is 6.54 Å². The van der Waals surface area contributed by atoms with Crippen LogP contribution in [0.2, 0.25) is 0 Å². The highest BCUT2D eigenvalue weighted by molar-refractivity contribution is 5.86. The Labute approximate surface area is 121 Å². The molecule has 0 atom stereocenters. The van der Waals surface area contributed by atoms with Crippen LogP contribution in [0.5, 0.6) is 0 Å². The Morgan fingerprint density at radius 3 is 2.86 bits per heavy atom. The number of nitrogens with zero attached hydrogens (tertiary/aromatic N) is 5. The average Bonchev–Trinajstić information content (AvgIpc) is 3.04. The standard InChI is InChI=1S/C13H17N5O3/c1-7(2)5-9-11(13(19)20)15-17-18(9)6-10-14-12(21-16-10)8-3-4-8/h7-8H,3-6H2,1-2H3,(H,19,20). The third-order valence-corrected chi connectivity index (χ3v) is 3.34. The van der Waals surface area contributed by atoms with E-state index >= 15 is 0 Å². The third-order valence-electron chi connectivity index (χ3n) is 3.34. The van der Waals surface area contributed by atoms with E-state index < -0.39 is 5.97 Å². The third kappa shape index (κ3) is 2.93. The lowest BCUT2D eigenvalue weighted by Gasteiger charge is -2.07. The number of carboxylic acids is 1. The van der Waals surface area contributed by atoms with E-state index in [9.17, 15) is 9.90 Å². The van der Waals surface area contributed by atoms with Crippen LogP contribution in [-0.2, 0) is 13.0 Å². The molecule has 0 radical (unpaired) electrons. The first kappa shape index (κ1) is 13.7. The van der Waals surface area contributed by atoms with Crippen LogP contribution < -0.4 is 0 Å². The van der Waals surface area contributed by atoms with E-state index in [1.807, 2.05) is 13.8 Å². The summed E-state index contributed by atoms with van der Waals surface area (Å²) in [6.45, 7) is 4.31. The largest absolute Gasteiger partial charge is 0.476 e. The zero-order chi connectivity index (χ0) is 15.0. The summed E-state index contributed by atoms with van der Waals surface area (Å²) >= 11 is 0. The molecule has 0 aromatic carbocycles. The molecule has 2 aromatic heterocycles. The molecule has 1 aliphatic rings. The number of carboxylic acid groups (broad SMARTS) is 1. The predicted molar refractivity (Wildman–Crippen MR) is 70.9 cm³/mol. The van der Waals surface area contributed by atoms with Gasteiger partial charge < -0.3 is 9.63 Å². The molecule has 0 amide bonds. The van der Waals surface area contributed by atoms with E-state index in [1.165, 1.54) is 0 Å². The second-order valence-corrected chi connectivity index (χ2v) is 5.77. The second-order valence-electron chi connectivity index (χ2n) is 5.77. The summed E-state index contributed by atoms with van der Waals surface area (Å²) in [7, 11) is 0. The Balaban J connectivity index is 1.84. The molecular formula is C13H17N5O3. The van der Waals surface area contributed by atoms with E-state index in [4.69, 9.17) is 4.52 Å². The highest BCUT2D eigenvalue weighted by Crippen LogP contribution is 2.38. The summed E-state index contributed by atoms with van der Waals surface area (Å²) < 4.78 is 6.74. The molecule has 8 heteroatoms. The van der Waals surface area contributed by atoms with Crippen LogP contribution in [-0.4, -0.2) is 36.2 Å². The maximum Gasteiger partial charge on any atom is 0.358 e. The van der Waals surface area contributed by atoms with Crippen molar-refractivity contribution in [3.8, 4) is 0 Å². The number of aromatic carboxylic acids is 1. The average molecular weight is 291 g/mol. The van der Waals surface area contributed by atoms with Gasteiger partial charge in [0, 0.05) is 5.92 Å². The fraction of sp³-hybridized carbons (Fsp3) is 0.615. The van der Waals surface area contributed by atoms with Crippen LogP contribution in [0.4, 0.5) is 0 Å². The smallest absolute Gasteiger partial charge is 0.358 e. The van der Waals surface area contributed by atoms with Crippen molar-refractivity contribution in [3.63, 3.8) is 0 Å². The van der Waals surface area contributed by atoms with Gasteiger partial charge in [0.2, 0.25) is 5.89 Å². The number of aromatic nitrogens is 5. The summed E-state index contributed by atoms with van der Waals surface area (Å²) in [6, 6.07) is 0. The highest BCUT2D eigenvalue weighted by atomic mass is 16.5. The molecule has 21 heavy (non-hydrogen) atoms. The van der Waals surface area contributed by atoms with Crippen LogP contribution in [0.3, 0.4) is 0 Å². The topological polar surface area (TPSA) is 107 Å². The Morgan fingerprint density at radius 1 is 1.48 bits per heavy atom. The van der Waals surface area contributed by atoms with Gasteiger partial charge in [-0.25, -0.2) is 9.48 Å². The first-order chi connectivity index (χ1) is 10.0. The molecule has 0 saturated heterocycles. The number of carbonyl (C=O) groups is 1. The molecule has 1 aliphatic carbocycles. The van der Waals surface area contributed by atoms with Gasteiger partial charge in [-0.2, -0.15) is 4.98 Å². The highest BCUT2D eigenvalue weighted by Gasteiger charge is 2.30. The quantitative estimate of drug-likeness (QED) is 0.858. The van der Waals surface area contributed by atoms with Crippen LogP contribution in [0, 0.1) is 5.92 Å². The normalized spacial score (nSPS) is 14.8. The van der Waals surface area contributed by atoms with Crippen LogP contribution in [0.25, 0.3) is 0 Å². The fourth-order valence-electron chi connectivity index (χ4n) is 2.18. The monoisotopic (exact) mass is 291 g/mol. The van der Waals surface area contributed by atoms with Gasteiger partial charge >= 0.3 is 5.97 Å². The van der Waals surface area contributed by atoms with Crippen molar-refractivity contribution in [3.05, 3.63) is 23.1 Å². The van der Waals surface area contributed by atoms with Gasteiger partial charge in [-0.15, -0.1) is 5.10 Å². The lowest BCUT2D eigenvalue weighted by molar-refractivity contribution is 0.0689. The summed E-state index contributed by atoms with van der Waals surface area (Å²) in [5.74, 6) is 0.792. The molecule has 0 bridgehead atoms. The molecule has 0 unspecified atom stereocenters. The van der Waals surface area contributed by atoms with Crippen LogP contribution in [0.15, 0.2) is 4.52 Å². The van der Waals surface area contributed by atoms with Crippen molar-refractivity contribution in [1.82, 2.24) is 25.1 Å². The first-order valence-electron chi connectivity index (χ1n) is 7.02. The van der Waals surface area contributed by atoms with Crippen molar-refractivity contribution in [2.24, 2.45) is 5.92 Å². The van der Waals surface area contributed by atoms with Crippen molar-refractivity contribution >= 4 is 5.97 Å². The minimum absolute atomic E-state index is 0.00499. The molecule has 2 aromatic rings. The number of hydrogen-bond donors (Lipinski definition) is 1. The van der Waals surface area contributed by atoms with Crippen LogP contribution in [0.1, 0.15) is 60.5 Å². The summed E-state index contributed by atoms with van der Waals surface area (Å²) in [5, 5.41) is 20.8. The molecular weight excluding hydrogens is 274 g/mol. The Hall–Kier alpha value is -2.25. The SMILES string of the molecule is CC(C)Cc1c(C(=O)O)nnn1Cc1noc(C2CC2)n1. The molecule has 3 rings (SSSR count). The molecule has 1 saturated carbocycles. The van der Waals surface area contributed by atoms with Gasteiger partial charge in [0.25, 0.3) is 0 Å². The first-order valence-corrected chi connectivity index (χ1v) is 7.02. The molecule has 1 N–H and O–H groups in total. The molecule has 0 aliphatic heterocycles. The molecule has 8 nitrogen and oxygen atoms in total. The van der Waals surface area contributed by atoms with Gasteiger partial charge in [-0.1, -0.05) is 24.2 Å². The molecule has 112 valence electrons. The Kier molecular flexibility index (Phi) is 3.44. The van der Waals surface area contributed by atoms with E-state index in [-0.39, 0.29) is 12.2 Å². The van der Waals surface area contributed by atoms with Crippen molar-refractivity contribution in [1.29, 1.82) is 0 Å². The summed E-state index contributed by atoms with van der Waals surface area (Å²) in [6.07, 6.45) is 2.77. The molecule has 2 heterocycles. The van der Waals surface area contributed by atoms with Gasteiger partial charge in [0.15, 0.2) is 11.5 Å². The zero-order valence-electron chi connectivity index (χ0n) is 12.0. The lowest BCUT2D eigenvalue weighted by atomic mass is 10.1. The van der Waals surface area contributed by atoms with Crippen molar-refractivity contribution in [2.75, 3.05) is 0 Å². The van der Waals surface area contributed by atoms with E-state index in [2.05, 4.69) is 20.5 Å². The number of rotatable bonds is 6. The van der Waals surface area contributed by atoms with E-state index in [0.717, 1.165) is 12.8 Å².